The Morgan fingerprint density at radius 3 is 3.25 bits per heavy atom. The predicted molar refractivity (Wildman–Crippen MR) is 61.0 cm³/mol. The van der Waals surface area contributed by atoms with Crippen molar-refractivity contribution in [1.29, 1.82) is 5.26 Å². The molecule has 1 aliphatic heterocycles. The van der Waals surface area contributed by atoms with Gasteiger partial charge in [0.1, 0.15) is 6.07 Å². The van der Waals surface area contributed by atoms with Crippen molar-refractivity contribution in [3.8, 4) is 6.07 Å². The van der Waals surface area contributed by atoms with Crippen molar-refractivity contribution >= 4 is 5.69 Å². The van der Waals surface area contributed by atoms with E-state index in [1.54, 1.807) is 6.20 Å². The second-order valence-corrected chi connectivity index (χ2v) is 4.06. The molecule has 0 aromatic carbocycles. The summed E-state index contributed by atoms with van der Waals surface area (Å²) in [6.07, 6.45) is 3.87. The summed E-state index contributed by atoms with van der Waals surface area (Å²) in [7, 11) is 0. The van der Waals surface area contributed by atoms with Crippen LogP contribution in [0.2, 0.25) is 0 Å². The Hall–Kier alpha value is -1.60. The predicted octanol–water partition coefficient (Wildman–Crippen LogP) is 1.93. The molecule has 4 nitrogen and oxygen atoms in total. The Morgan fingerprint density at radius 1 is 1.62 bits per heavy atom. The minimum atomic E-state index is 0.286. The van der Waals surface area contributed by atoms with E-state index in [1.807, 2.05) is 12.1 Å². The summed E-state index contributed by atoms with van der Waals surface area (Å²) >= 11 is 0. The normalized spacial score (nSPS) is 24.8. The summed E-state index contributed by atoms with van der Waals surface area (Å²) < 4.78 is 5.48. The molecule has 2 heterocycles. The van der Waals surface area contributed by atoms with Gasteiger partial charge in [-0.2, -0.15) is 5.26 Å². The molecule has 0 amide bonds. The summed E-state index contributed by atoms with van der Waals surface area (Å²) in [6, 6.07) is 6.20. The van der Waals surface area contributed by atoms with Gasteiger partial charge in [-0.1, -0.05) is 0 Å². The van der Waals surface area contributed by atoms with Crippen LogP contribution in [0.4, 0.5) is 5.69 Å². The van der Waals surface area contributed by atoms with Gasteiger partial charge >= 0.3 is 0 Å². The summed E-state index contributed by atoms with van der Waals surface area (Å²) in [6.45, 7) is 2.85. The van der Waals surface area contributed by atoms with Gasteiger partial charge in [-0.05, 0) is 31.9 Å². The average Bonchev–Trinajstić information content (AvgIpc) is 2.30. The van der Waals surface area contributed by atoms with Gasteiger partial charge in [-0.15, -0.1) is 0 Å². The molecule has 0 spiro atoms. The topological polar surface area (TPSA) is 57.9 Å². The van der Waals surface area contributed by atoms with Crippen molar-refractivity contribution < 1.29 is 4.74 Å². The fourth-order valence-corrected chi connectivity index (χ4v) is 1.96. The third-order valence-corrected chi connectivity index (χ3v) is 2.76. The van der Waals surface area contributed by atoms with Gasteiger partial charge in [-0.3, -0.25) is 0 Å². The Morgan fingerprint density at radius 2 is 2.50 bits per heavy atom. The number of anilines is 1. The number of nitrogens with zero attached hydrogens (tertiary/aromatic N) is 2. The number of rotatable bonds is 2. The van der Waals surface area contributed by atoms with Crippen LogP contribution in [0.5, 0.6) is 0 Å². The zero-order chi connectivity index (χ0) is 11.4. The van der Waals surface area contributed by atoms with Crippen LogP contribution in [0.25, 0.3) is 0 Å². The molecule has 84 valence electrons. The van der Waals surface area contributed by atoms with E-state index < -0.39 is 0 Å². The highest BCUT2D eigenvalue weighted by Crippen LogP contribution is 2.19. The first kappa shape index (κ1) is 10.9. The second-order valence-electron chi connectivity index (χ2n) is 4.06. The van der Waals surface area contributed by atoms with Gasteiger partial charge in [0.25, 0.3) is 0 Å². The van der Waals surface area contributed by atoms with E-state index in [0.717, 1.165) is 25.1 Å². The van der Waals surface area contributed by atoms with Crippen molar-refractivity contribution in [3.05, 3.63) is 24.0 Å². The third kappa shape index (κ3) is 2.50. The average molecular weight is 217 g/mol. The lowest BCUT2D eigenvalue weighted by atomic mass is 10.0. The quantitative estimate of drug-likeness (QED) is 0.822. The number of aromatic nitrogens is 1. The van der Waals surface area contributed by atoms with Crippen LogP contribution in [0.1, 0.15) is 25.5 Å². The maximum atomic E-state index is 8.92. The number of nitrogens with one attached hydrogen (secondary N) is 1. The summed E-state index contributed by atoms with van der Waals surface area (Å²) in [4.78, 5) is 4.03. The summed E-state index contributed by atoms with van der Waals surface area (Å²) in [5, 5.41) is 12.3. The zero-order valence-electron chi connectivity index (χ0n) is 9.31. The van der Waals surface area contributed by atoms with Gasteiger partial charge in [0.15, 0.2) is 5.69 Å². The Balaban J connectivity index is 2.06. The molecule has 0 aliphatic carbocycles. The van der Waals surface area contributed by atoms with Gasteiger partial charge in [0.05, 0.1) is 11.8 Å². The van der Waals surface area contributed by atoms with Crippen molar-refractivity contribution in [3.63, 3.8) is 0 Å². The molecular formula is C12H15N3O. The molecule has 1 fully saturated rings. The highest BCUT2D eigenvalue weighted by atomic mass is 16.5. The molecule has 2 rings (SSSR count). The van der Waals surface area contributed by atoms with E-state index in [0.29, 0.717) is 11.7 Å². The van der Waals surface area contributed by atoms with Crippen LogP contribution in [-0.2, 0) is 4.74 Å². The first-order valence-corrected chi connectivity index (χ1v) is 5.53. The first-order valence-electron chi connectivity index (χ1n) is 5.53. The molecule has 0 saturated carbocycles. The van der Waals surface area contributed by atoms with Crippen LogP contribution in [0.15, 0.2) is 18.3 Å². The molecule has 1 N–H and O–H groups in total. The first-order chi connectivity index (χ1) is 7.79. The van der Waals surface area contributed by atoms with E-state index in [2.05, 4.69) is 23.3 Å². The molecule has 2 atom stereocenters. The van der Waals surface area contributed by atoms with Crippen LogP contribution in [0, 0.1) is 11.3 Å². The molecule has 1 saturated heterocycles. The summed E-state index contributed by atoms with van der Waals surface area (Å²) in [5.41, 5.74) is 1.28. The number of hydrogen-bond donors (Lipinski definition) is 1. The van der Waals surface area contributed by atoms with Gasteiger partial charge in [0.2, 0.25) is 0 Å². The summed E-state index contributed by atoms with van der Waals surface area (Å²) in [5.74, 6) is 0. The standard InChI is InChI=1S/C12H15N3O/c1-9-7-10(4-6-16-9)15-11-3-2-5-14-12(11)8-13/h2-3,5,9-10,15H,4,6-7H2,1H3. The van der Waals surface area contributed by atoms with Crippen molar-refractivity contribution in [1.82, 2.24) is 4.98 Å². The third-order valence-electron chi connectivity index (χ3n) is 2.76. The van der Waals surface area contributed by atoms with Crippen LogP contribution in [0.3, 0.4) is 0 Å². The number of hydrogen-bond acceptors (Lipinski definition) is 4. The fourth-order valence-electron chi connectivity index (χ4n) is 1.96. The van der Waals surface area contributed by atoms with E-state index >= 15 is 0 Å². The van der Waals surface area contributed by atoms with Gasteiger partial charge < -0.3 is 10.1 Å². The highest BCUT2D eigenvalue weighted by Gasteiger charge is 2.19. The monoisotopic (exact) mass is 217 g/mol. The van der Waals surface area contributed by atoms with Gasteiger partial charge in [0, 0.05) is 18.8 Å². The lowest BCUT2D eigenvalue weighted by molar-refractivity contribution is 0.0232. The van der Waals surface area contributed by atoms with E-state index in [4.69, 9.17) is 10.00 Å². The Kier molecular flexibility index (Phi) is 3.37. The maximum Gasteiger partial charge on any atom is 0.163 e. The number of pyridine rings is 1. The molecule has 4 heteroatoms. The number of nitriles is 1. The van der Waals surface area contributed by atoms with E-state index in [1.165, 1.54) is 0 Å². The largest absolute Gasteiger partial charge is 0.380 e. The molecule has 1 aliphatic rings. The Labute approximate surface area is 95.3 Å². The number of ether oxygens (including phenoxy) is 1. The minimum Gasteiger partial charge on any atom is -0.380 e. The molecule has 1 aromatic rings. The lowest BCUT2D eigenvalue weighted by Gasteiger charge is -2.28. The molecular weight excluding hydrogens is 202 g/mol. The van der Waals surface area contributed by atoms with Crippen LogP contribution < -0.4 is 5.32 Å². The minimum absolute atomic E-state index is 0.286. The van der Waals surface area contributed by atoms with E-state index in [9.17, 15) is 0 Å². The van der Waals surface area contributed by atoms with Crippen LogP contribution >= 0.6 is 0 Å². The zero-order valence-corrected chi connectivity index (χ0v) is 9.31. The maximum absolute atomic E-state index is 8.92. The second kappa shape index (κ2) is 4.95. The van der Waals surface area contributed by atoms with Crippen molar-refractivity contribution in [2.45, 2.75) is 31.9 Å². The van der Waals surface area contributed by atoms with E-state index in [-0.39, 0.29) is 6.10 Å². The lowest BCUT2D eigenvalue weighted by Crippen LogP contribution is -2.32. The van der Waals surface area contributed by atoms with Crippen molar-refractivity contribution in [2.75, 3.05) is 11.9 Å². The SMILES string of the molecule is CC1CC(Nc2cccnc2C#N)CCO1. The van der Waals surface area contributed by atoms with Gasteiger partial charge in [-0.25, -0.2) is 4.98 Å². The van der Waals surface area contributed by atoms with Crippen molar-refractivity contribution in [2.24, 2.45) is 0 Å². The molecule has 0 radical (unpaired) electrons. The molecule has 1 aromatic heterocycles. The smallest absolute Gasteiger partial charge is 0.163 e. The molecule has 2 unspecified atom stereocenters. The van der Waals surface area contributed by atoms with Crippen LogP contribution in [-0.4, -0.2) is 23.7 Å². The molecule has 16 heavy (non-hydrogen) atoms. The molecule has 0 bridgehead atoms. The Bertz CT molecular complexity index is 399. The fraction of sp³-hybridized carbons (Fsp3) is 0.500. The highest BCUT2D eigenvalue weighted by molar-refractivity contribution is 5.53.